The summed E-state index contributed by atoms with van der Waals surface area (Å²) >= 11 is 0. The van der Waals surface area contributed by atoms with E-state index in [9.17, 15) is 14.4 Å². The van der Waals surface area contributed by atoms with E-state index in [-0.39, 0.29) is 13.2 Å². The summed E-state index contributed by atoms with van der Waals surface area (Å²) in [4.78, 5) is 33.5. The van der Waals surface area contributed by atoms with Crippen LogP contribution in [0.15, 0.2) is 12.2 Å². The zero-order valence-electron chi connectivity index (χ0n) is 12.2. The van der Waals surface area contributed by atoms with E-state index in [1.165, 1.54) is 11.0 Å². The second-order valence-corrected chi connectivity index (χ2v) is 3.53. The maximum atomic E-state index is 11.3. The standard InChI is InChI=1S/C9H17NO4.C4H6O/c1-5-13-8(11)7(10(3)4)9(12)14-6-2;1-2-3-4-5/h7H,5-6H2,1-4H3;2-4H,1H3/b;3-2+. The second-order valence-electron chi connectivity index (χ2n) is 3.53. The van der Waals surface area contributed by atoms with Crippen molar-refractivity contribution >= 4 is 18.2 Å². The van der Waals surface area contributed by atoms with E-state index in [4.69, 9.17) is 9.47 Å². The zero-order chi connectivity index (χ0) is 15.3. The van der Waals surface area contributed by atoms with E-state index < -0.39 is 18.0 Å². The molecule has 0 saturated heterocycles. The SMILES string of the molecule is C/C=C/C=O.CCOC(=O)C(C(=O)OCC)N(C)C. The van der Waals surface area contributed by atoms with Crippen LogP contribution in [0.3, 0.4) is 0 Å². The molecular formula is C13H23NO5. The van der Waals surface area contributed by atoms with Gasteiger partial charge in [0, 0.05) is 0 Å². The minimum atomic E-state index is -0.963. The van der Waals surface area contributed by atoms with Gasteiger partial charge in [0.05, 0.1) is 13.2 Å². The number of rotatable bonds is 6. The Morgan fingerprint density at radius 2 is 1.53 bits per heavy atom. The molecular weight excluding hydrogens is 250 g/mol. The number of hydrogen-bond acceptors (Lipinski definition) is 6. The summed E-state index contributed by atoms with van der Waals surface area (Å²) in [7, 11) is 3.25. The molecule has 0 spiro atoms. The molecule has 0 radical (unpaired) electrons. The van der Waals surface area contributed by atoms with Gasteiger partial charge in [0.15, 0.2) is 0 Å². The Hall–Kier alpha value is -1.69. The highest BCUT2D eigenvalue weighted by Crippen LogP contribution is 2.00. The van der Waals surface area contributed by atoms with Crippen LogP contribution in [0.5, 0.6) is 0 Å². The molecule has 0 aliphatic rings. The number of ether oxygens (including phenoxy) is 2. The summed E-state index contributed by atoms with van der Waals surface area (Å²) in [6.45, 7) is 5.69. The highest BCUT2D eigenvalue weighted by molar-refractivity contribution is 5.99. The van der Waals surface area contributed by atoms with Gasteiger partial charge in [0.2, 0.25) is 6.04 Å². The summed E-state index contributed by atoms with van der Waals surface area (Å²) in [6.07, 6.45) is 3.88. The van der Waals surface area contributed by atoms with Crippen LogP contribution in [0.1, 0.15) is 20.8 Å². The fourth-order valence-corrected chi connectivity index (χ4v) is 1.04. The van der Waals surface area contributed by atoms with Crippen LogP contribution in [0.2, 0.25) is 0 Å². The number of nitrogens with zero attached hydrogens (tertiary/aromatic N) is 1. The Morgan fingerprint density at radius 1 is 1.11 bits per heavy atom. The van der Waals surface area contributed by atoms with Crippen molar-refractivity contribution in [2.45, 2.75) is 26.8 Å². The third-order valence-electron chi connectivity index (χ3n) is 1.81. The van der Waals surface area contributed by atoms with E-state index in [1.807, 2.05) is 0 Å². The average molecular weight is 273 g/mol. The first kappa shape index (κ1) is 19.6. The van der Waals surface area contributed by atoms with Gasteiger partial charge in [0.1, 0.15) is 6.29 Å². The normalized spacial score (nSPS) is 10.1. The maximum Gasteiger partial charge on any atom is 0.335 e. The number of aldehydes is 1. The molecule has 0 aliphatic heterocycles. The van der Waals surface area contributed by atoms with Gasteiger partial charge < -0.3 is 9.47 Å². The number of hydrogen-bond donors (Lipinski definition) is 0. The lowest BCUT2D eigenvalue weighted by Crippen LogP contribution is -2.44. The zero-order valence-corrected chi connectivity index (χ0v) is 12.2. The van der Waals surface area contributed by atoms with Crippen molar-refractivity contribution in [1.29, 1.82) is 0 Å². The number of carbonyl (C=O) groups excluding carboxylic acids is 3. The molecule has 0 heterocycles. The third kappa shape index (κ3) is 9.96. The van der Waals surface area contributed by atoms with Gasteiger partial charge in [-0.15, -0.1) is 0 Å². The van der Waals surface area contributed by atoms with Gasteiger partial charge in [-0.3, -0.25) is 9.69 Å². The van der Waals surface area contributed by atoms with Crippen molar-refractivity contribution in [3.05, 3.63) is 12.2 Å². The molecule has 0 amide bonds. The molecule has 0 N–H and O–H groups in total. The molecule has 0 unspecified atom stereocenters. The molecule has 0 aliphatic carbocycles. The number of carbonyl (C=O) groups is 3. The largest absolute Gasteiger partial charge is 0.464 e. The Labute approximate surface area is 114 Å². The molecule has 0 aromatic heterocycles. The summed E-state index contributed by atoms with van der Waals surface area (Å²) in [5.41, 5.74) is 0. The van der Waals surface area contributed by atoms with Gasteiger partial charge in [-0.25, -0.2) is 9.59 Å². The fraction of sp³-hybridized carbons (Fsp3) is 0.615. The highest BCUT2D eigenvalue weighted by atomic mass is 16.6. The molecule has 0 bridgehead atoms. The van der Waals surface area contributed by atoms with E-state index in [1.54, 1.807) is 40.9 Å². The molecule has 110 valence electrons. The monoisotopic (exact) mass is 273 g/mol. The topological polar surface area (TPSA) is 72.9 Å². The van der Waals surface area contributed by atoms with Gasteiger partial charge in [-0.05, 0) is 40.9 Å². The molecule has 6 heteroatoms. The Morgan fingerprint density at radius 3 is 1.68 bits per heavy atom. The van der Waals surface area contributed by atoms with Crippen molar-refractivity contribution < 1.29 is 23.9 Å². The lowest BCUT2D eigenvalue weighted by Gasteiger charge is -2.20. The van der Waals surface area contributed by atoms with Crippen LogP contribution in [0.4, 0.5) is 0 Å². The predicted octanol–water partition coefficient (Wildman–Crippen LogP) is 0.804. The summed E-state index contributed by atoms with van der Waals surface area (Å²) in [5.74, 6) is -1.15. The first-order valence-corrected chi connectivity index (χ1v) is 6.02. The predicted molar refractivity (Wildman–Crippen MR) is 71.6 cm³/mol. The number of likely N-dealkylation sites (N-methyl/N-ethyl adjacent to an activating group) is 1. The van der Waals surface area contributed by atoms with Gasteiger partial charge in [-0.1, -0.05) is 6.08 Å². The number of allylic oxidation sites excluding steroid dienone is 2. The first-order chi connectivity index (χ1) is 8.95. The van der Waals surface area contributed by atoms with Crippen molar-refractivity contribution in [2.24, 2.45) is 0 Å². The molecule has 0 atom stereocenters. The van der Waals surface area contributed by atoms with E-state index in [0.717, 1.165) is 6.29 Å². The van der Waals surface area contributed by atoms with Crippen molar-refractivity contribution in [3.63, 3.8) is 0 Å². The average Bonchev–Trinajstić information content (AvgIpc) is 2.31. The minimum absolute atomic E-state index is 0.253. The summed E-state index contributed by atoms with van der Waals surface area (Å²) in [5, 5.41) is 0. The Bertz CT molecular complexity index is 281. The molecule has 0 rings (SSSR count). The van der Waals surface area contributed by atoms with E-state index in [2.05, 4.69) is 0 Å². The first-order valence-electron chi connectivity index (χ1n) is 6.02. The van der Waals surface area contributed by atoms with E-state index in [0.29, 0.717) is 0 Å². The lowest BCUT2D eigenvalue weighted by molar-refractivity contribution is -0.162. The third-order valence-corrected chi connectivity index (χ3v) is 1.81. The van der Waals surface area contributed by atoms with Crippen molar-refractivity contribution in [2.75, 3.05) is 27.3 Å². The summed E-state index contributed by atoms with van der Waals surface area (Å²) < 4.78 is 9.50. The van der Waals surface area contributed by atoms with E-state index >= 15 is 0 Å². The van der Waals surface area contributed by atoms with Gasteiger partial charge in [0.25, 0.3) is 0 Å². The van der Waals surface area contributed by atoms with Crippen LogP contribution in [-0.4, -0.2) is 56.5 Å². The Kier molecular flexibility index (Phi) is 13.2. The fourth-order valence-electron chi connectivity index (χ4n) is 1.04. The van der Waals surface area contributed by atoms with Gasteiger partial charge in [-0.2, -0.15) is 0 Å². The molecule has 6 nitrogen and oxygen atoms in total. The van der Waals surface area contributed by atoms with Crippen LogP contribution in [-0.2, 0) is 23.9 Å². The summed E-state index contributed by atoms with van der Waals surface area (Å²) in [6, 6.07) is -0.963. The van der Waals surface area contributed by atoms with Crippen LogP contribution in [0.25, 0.3) is 0 Å². The highest BCUT2D eigenvalue weighted by Gasteiger charge is 2.31. The quantitative estimate of drug-likeness (QED) is 0.308. The maximum absolute atomic E-state index is 11.3. The Balaban J connectivity index is 0. The molecule has 0 aromatic rings. The molecule has 0 aromatic carbocycles. The van der Waals surface area contributed by atoms with Crippen LogP contribution < -0.4 is 0 Å². The number of esters is 2. The van der Waals surface area contributed by atoms with Crippen LogP contribution in [0, 0.1) is 0 Å². The van der Waals surface area contributed by atoms with Crippen LogP contribution >= 0.6 is 0 Å². The lowest BCUT2D eigenvalue weighted by atomic mass is 10.3. The van der Waals surface area contributed by atoms with Gasteiger partial charge >= 0.3 is 11.9 Å². The molecule has 19 heavy (non-hydrogen) atoms. The molecule has 0 saturated carbocycles. The van der Waals surface area contributed by atoms with Crippen molar-refractivity contribution in [1.82, 2.24) is 4.90 Å². The smallest absolute Gasteiger partial charge is 0.335 e. The molecule has 0 fully saturated rings. The minimum Gasteiger partial charge on any atom is -0.464 e. The second kappa shape index (κ2) is 12.8. The van der Waals surface area contributed by atoms with Crippen molar-refractivity contribution in [3.8, 4) is 0 Å².